The lowest BCUT2D eigenvalue weighted by Crippen LogP contribution is -2.45. The van der Waals surface area contributed by atoms with Gasteiger partial charge < -0.3 is 10.2 Å². The highest BCUT2D eigenvalue weighted by Gasteiger charge is 2.36. The van der Waals surface area contributed by atoms with Gasteiger partial charge in [0.25, 0.3) is 0 Å². The van der Waals surface area contributed by atoms with Crippen molar-refractivity contribution < 1.29 is 23.4 Å². The van der Waals surface area contributed by atoms with Gasteiger partial charge in [0.05, 0.1) is 0 Å². The van der Waals surface area contributed by atoms with Crippen LogP contribution in [0, 0.1) is 0 Å². The van der Waals surface area contributed by atoms with Crippen molar-refractivity contribution in [3.63, 3.8) is 0 Å². The zero-order valence-electron chi connectivity index (χ0n) is 10.9. The molecule has 0 atom stereocenters. The van der Waals surface area contributed by atoms with Crippen molar-refractivity contribution >= 4 is 27.3 Å². The summed E-state index contributed by atoms with van der Waals surface area (Å²) in [7, 11) is -3.81. The minimum Gasteiger partial charge on any atom is -0.477 e. The zero-order chi connectivity index (χ0) is 14.8. The lowest BCUT2D eigenvalue weighted by molar-refractivity contribution is 0.0698. The molecule has 0 bridgehead atoms. The molecule has 8 heteroatoms. The molecule has 1 aromatic rings. The average molecular weight is 319 g/mol. The second kappa shape index (κ2) is 6.21. The third-order valence-electron chi connectivity index (χ3n) is 3.43. The van der Waals surface area contributed by atoms with Crippen molar-refractivity contribution in [2.75, 3.05) is 13.2 Å². The summed E-state index contributed by atoms with van der Waals surface area (Å²) in [6.07, 6.45) is 2.90. The Morgan fingerprint density at radius 2 is 2.15 bits per heavy atom. The number of aromatic carboxylic acids is 1. The fraction of sp³-hybridized carbons (Fsp3) is 0.583. The Morgan fingerprint density at radius 3 is 2.65 bits per heavy atom. The smallest absolute Gasteiger partial charge is 0.347 e. The maximum atomic E-state index is 12.6. The van der Waals surface area contributed by atoms with Crippen molar-refractivity contribution in [2.45, 2.75) is 36.6 Å². The van der Waals surface area contributed by atoms with Gasteiger partial charge >= 0.3 is 5.97 Å². The summed E-state index contributed by atoms with van der Waals surface area (Å²) in [5.41, 5.74) is 0. The number of nitrogens with zero attached hydrogens (tertiary/aromatic N) is 1. The Kier molecular flexibility index (Phi) is 4.79. The van der Waals surface area contributed by atoms with Crippen molar-refractivity contribution in [1.82, 2.24) is 4.31 Å². The molecule has 0 amide bonds. The van der Waals surface area contributed by atoms with Crippen LogP contribution in [0.25, 0.3) is 0 Å². The number of thiophene rings is 1. The van der Waals surface area contributed by atoms with Gasteiger partial charge in [0.2, 0.25) is 10.0 Å². The number of carbonyl (C=O) groups is 1. The predicted molar refractivity (Wildman–Crippen MR) is 74.5 cm³/mol. The second-order valence-electron chi connectivity index (χ2n) is 4.70. The summed E-state index contributed by atoms with van der Waals surface area (Å²) in [4.78, 5) is 10.8. The van der Waals surface area contributed by atoms with Crippen LogP contribution in [0.4, 0.5) is 0 Å². The van der Waals surface area contributed by atoms with E-state index in [0.29, 0.717) is 6.42 Å². The molecule has 2 rings (SSSR count). The first-order valence-corrected chi connectivity index (χ1v) is 8.74. The minimum absolute atomic E-state index is 0.0758. The maximum absolute atomic E-state index is 12.6. The topological polar surface area (TPSA) is 94.9 Å². The third kappa shape index (κ3) is 2.88. The molecule has 1 saturated carbocycles. The number of carboxylic acids is 1. The van der Waals surface area contributed by atoms with E-state index in [1.807, 2.05) is 0 Å². The maximum Gasteiger partial charge on any atom is 0.347 e. The van der Waals surface area contributed by atoms with E-state index in [2.05, 4.69) is 0 Å². The number of hydrogen-bond donors (Lipinski definition) is 2. The molecule has 20 heavy (non-hydrogen) atoms. The molecule has 6 nitrogen and oxygen atoms in total. The lowest BCUT2D eigenvalue weighted by Gasteiger charge is -2.36. The van der Waals surface area contributed by atoms with E-state index in [9.17, 15) is 13.2 Å². The molecule has 0 spiro atoms. The SMILES string of the molecule is O=C(O)c1sccc1S(=O)(=O)N(CCCO)C1CCC1. The van der Waals surface area contributed by atoms with Crippen LogP contribution in [-0.2, 0) is 10.0 Å². The zero-order valence-corrected chi connectivity index (χ0v) is 12.5. The number of aliphatic hydroxyl groups excluding tert-OH is 1. The van der Waals surface area contributed by atoms with Gasteiger partial charge in [-0.2, -0.15) is 4.31 Å². The first-order valence-electron chi connectivity index (χ1n) is 6.42. The number of sulfonamides is 1. The van der Waals surface area contributed by atoms with Crippen LogP contribution in [0.1, 0.15) is 35.4 Å². The van der Waals surface area contributed by atoms with E-state index < -0.39 is 16.0 Å². The van der Waals surface area contributed by atoms with Gasteiger partial charge in [-0.1, -0.05) is 6.42 Å². The van der Waals surface area contributed by atoms with Crippen molar-refractivity contribution in [3.8, 4) is 0 Å². The van der Waals surface area contributed by atoms with Crippen molar-refractivity contribution in [3.05, 3.63) is 16.3 Å². The molecule has 0 unspecified atom stereocenters. The van der Waals surface area contributed by atoms with E-state index >= 15 is 0 Å². The summed E-state index contributed by atoms with van der Waals surface area (Å²) >= 11 is 0.908. The number of rotatable bonds is 7. The Bertz CT molecular complexity index is 576. The Morgan fingerprint density at radius 1 is 1.45 bits per heavy atom. The molecule has 1 heterocycles. The summed E-state index contributed by atoms with van der Waals surface area (Å²) in [5, 5.41) is 19.5. The molecule has 1 aromatic heterocycles. The fourth-order valence-corrected chi connectivity index (χ4v) is 5.14. The summed E-state index contributed by atoms with van der Waals surface area (Å²) in [6.45, 7) is 0.132. The van der Waals surface area contributed by atoms with Crippen LogP contribution < -0.4 is 0 Å². The molecule has 0 radical (unpaired) electrons. The van der Waals surface area contributed by atoms with Gasteiger partial charge in [0.15, 0.2) is 0 Å². The third-order valence-corrected chi connectivity index (χ3v) is 6.45. The van der Waals surface area contributed by atoms with Gasteiger partial charge in [-0.25, -0.2) is 13.2 Å². The Labute approximate surface area is 121 Å². The molecule has 112 valence electrons. The standard InChI is InChI=1S/C12H17NO5S2/c14-7-2-6-13(9-3-1-4-9)20(17,18)10-5-8-19-11(10)12(15)16/h5,8-9,14H,1-4,6-7H2,(H,15,16). The van der Waals surface area contributed by atoms with Crippen LogP contribution >= 0.6 is 11.3 Å². The lowest BCUT2D eigenvalue weighted by atomic mass is 9.93. The van der Waals surface area contributed by atoms with E-state index in [1.165, 1.54) is 15.8 Å². The highest BCUT2D eigenvalue weighted by Crippen LogP contribution is 2.32. The van der Waals surface area contributed by atoms with E-state index in [4.69, 9.17) is 10.2 Å². The fourth-order valence-electron chi connectivity index (χ4n) is 2.18. The predicted octanol–water partition coefficient (Wildman–Crippen LogP) is 1.37. The highest BCUT2D eigenvalue weighted by molar-refractivity contribution is 7.89. The molecule has 0 saturated heterocycles. The van der Waals surface area contributed by atoms with E-state index in [0.717, 1.165) is 30.6 Å². The van der Waals surface area contributed by atoms with E-state index in [-0.39, 0.29) is 29.0 Å². The molecular weight excluding hydrogens is 302 g/mol. The normalized spacial score (nSPS) is 16.3. The molecule has 0 aliphatic heterocycles. The number of hydrogen-bond acceptors (Lipinski definition) is 5. The minimum atomic E-state index is -3.81. The molecule has 1 aliphatic rings. The van der Waals surface area contributed by atoms with Gasteiger partial charge in [0.1, 0.15) is 9.77 Å². The van der Waals surface area contributed by atoms with Crippen LogP contribution in [0.15, 0.2) is 16.3 Å². The number of aliphatic hydroxyl groups is 1. The van der Waals surface area contributed by atoms with Gasteiger partial charge in [0, 0.05) is 19.2 Å². The monoisotopic (exact) mass is 319 g/mol. The Balaban J connectivity index is 2.34. The van der Waals surface area contributed by atoms with Gasteiger partial charge in [-0.05, 0) is 30.7 Å². The largest absolute Gasteiger partial charge is 0.477 e. The first-order chi connectivity index (χ1) is 9.48. The average Bonchev–Trinajstić information content (AvgIpc) is 2.81. The molecule has 1 fully saturated rings. The van der Waals surface area contributed by atoms with Crippen LogP contribution in [0.5, 0.6) is 0 Å². The van der Waals surface area contributed by atoms with Gasteiger partial charge in [-0.3, -0.25) is 0 Å². The molecule has 2 N–H and O–H groups in total. The van der Waals surface area contributed by atoms with Crippen molar-refractivity contribution in [1.29, 1.82) is 0 Å². The van der Waals surface area contributed by atoms with Gasteiger partial charge in [-0.15, -0.1) is 11.3 Å². The van der Waals surface area contributed by atoms with Crippen LogP contribution in [0.2, 0.25) is 0 Å². The second-order valence-corrected chi connectivity index (χ2v) is 7.47. The van der Waals surface area contributed by atoms with E-state index in [1.54, 1.807) is 0 Å². The van der Waals surface area contributed by atoms with Crippen molar-refractivity contribution in [2.24, 2.45) is 0 Å². The highest BCUT2D eigenvalue weighted by atomic mass is 32.2. The summed E-state index contributed by atoms with van der Waals surface area (Å²) in [5.74, 6) is -1.23. The van der Waals surface area contributed by atoms with Crippen LogP contribution in [-0.4, -0.2) is 48.1 Å². The first kappa shape index (κ1) is 15.4. The summed E-state index contributed by atoms with van der Waals surface area (Å²) in [6, 6.07) is 1.27. The molecule has 0 aromatic carbocycles. The molecular formula is C12H17NO5S2. The Hall–Kier alpha value is -0.960. The molecule has 1 aliphatic carbocycles. The quantitative estimate of drug-likeness (QED) is 0.791. The van der Waals surface area contributed by atoms with Crippen LogP contribution in [0.3, 0.4) is 0 Å². The number of carboxylic acid groups (broad SMARTS) is 1. The summed E-state index contributed by atoms with van der Waals surface area (Å²) < 4.78 is 26.6.